The van der Waals surface area contributed by atoms with Crippen LogP contribution in [0, 0.1) is 0 Å². The summed E-state index contributed by atoms with van der Waals surface area (Å²) in [4.78, 5) is 4.10. The van der Waals surface area contributed by atoms with Crippen LogP contribution < -0.4 is 5.32 Å². The molecule has 94 valence electrons. The second-order valence-electron chi connectivity index (χ2n) is 4.28. The van der Waals surface area contributed by atoms with Crippen LogP contribution in [0.3, 0.4) is 0 Å². The summed E-state index contributed by atoms with van der Waals surface area (Å²) in [7, 11) is 0. The Morgan fingerprint density at radius 2 is 1.83 bits per heavy atom. The molecule has 0 saturated heterocycles. The van der Waals surface area contributed by atoms with E-state index in [1.807, 2.05) is 18.3 Å². The molecule has 1 N–H and O–H groups in total. The van der Waals surface area contributed by atoms with E-state index in [-0.39, 0.29) is 6.04 Å². The zero-order chi connectivity index (χ0) is 12.6. The molecule has 0 aliphatic rings. The van der Waals surface area contributed by atoms with Gasteiger partial charge in [-0.3, -0.25) is 4.98 Å². The Morgan fingerprint density at radius 3 is 2.50 bits per heavy atom. The van der Waals surface area contributed by atoms with Crippen molar-refractivity contribution >= 4 is 11.6 Å². The van der Waals surface area contributed by atoms with Crippen LogP contribution in [0.5, 0.6) is 0 Å². The molecule has 1 heterocycles. The van der Waals surface area contributed by atoms with E-state index in [9.17, 15) is 0 Å². The highest BCUT2D eigenvalue weighted by Crippen LogP contribution is 2.05. The van der Waals surface area contributed by atoms with Crippen LogP contribution in [-0.4, -0.2) is 16.9 Å². The molecule has 2 nitrogen and oxygen atoms in total. The zero-order valence-electron chi connectivity index (χ0n) is 10.2. The van der Waals surface area contributed by atoms with Gasteiger partial charge in [0.05, 0.1) is 0 Å². The molecular formula is C15H17ClN2. The number of hydrogen-bond donors (Lipinski definition) is 1. The number of alkyl halides is 1. The second-order valence-corrected chi connectivity index (χ2v) is 4.59. The van der Waals surface area contributed by atoms with Crippen LogP contribution in [0.25, 0.3) is 0 Å². The van der Waals surface area contributed by atoms with Crippen molar-refractivity contribution in [2.24, 2.45) is 0 Å². The Balaban J connectivity index is 1.86. The summed E-state index contributed by atoms with van der Waals surface area (Å²) in [5.41, 5.74) is 2.49. The molecule has 0 fully saturated rings. The zero-order valence-corrected chi connectivity index (χ0v) is 11.0. The van der Waals surface area contributed by atoms with Crippen molar-refractivity contribution in [1.82, 2.24) is 10.3 Å². The number of pyridine rings is 1. The van der Waals surface area contributed by atoms with E-state index in [1.54, 1.807) is 6.20 Å². The predicted octanol–water partition coefficient (Wildman–Crippen LogP) is 3.02. The molecule has 1 aromatic carbocycles. The molecule has 0 spiro atoms. The summed E-state index contributed by atoms with van der Waals surface area (Å²) in [6.07, 6.45) is 4.61. The van der Waals surface area contributed by atoms with E-state index in [0.29, 0.717) is 5.88 Å². The fourth-order valence-electron chi connectivity index (χ4n) is 1.84. The standard InChI is InChI=1S/C15H17ClN2/c16-10-15(9-13-5-2-1-3-6-13)18-12-14-7-4-8-17-11-14/h1-8,11,15,18H,9-10,12H2. The molecule has 0 radical (unpaired) electrons. The first-order valence-electron chi connectivity index (χ1n) is 6.10. The Bertz CT molecular complexity index is 445. The summed E-state index contributed by atoms with van der Waals surface area (Å²) in [6, 6.07) is 14.7. The van der Waals surface area contributed by atoms with Crippen LogP contribution in [0.4, 0.5) is 0 Å². The summed E-state index contributed by atoms with van der Waals surface area (Å²) in [5, 5.41) is 3.46. The molecule has 0 bridgehead atoms. The Hall–Kier alpha value is -1.38. The first-order valence-corrected chi connectivity index (χ1v) is 6.64. The van der Waals surface area contributed by atoms with Crippen molar-refractivity contribution in [3.8, 4) is 0 Å². The first-order chi connectivity index (χ1) is 8.88. The fraction of sp³-hybridized carbons (Fsp3) is 0.267. The van der Waals surface area contributed by atoms with Gasteiger partial charge >= 0.3 is 0 Å². The van der Waals surface area contributed by atoms with E-state index in [4.69, 9.17) is 11.6 Å². The first kappa shape index (κ1) is 13.1. The highest BCUT2D eigenvalue weighted by molar-refractivity contribution is 6.18. The number of nitrogens with one attached hydrogen (secondary N) is 1. The summed E-state index contributed by atoms with van der Waals surface area (Å²) in [6.45, 7) is 0.804. The van der Waals surface area contributed by atoms with Crippen molar-refractivity contribution in [3.05, 3.63) is 66.0 Å². The number of nitrogens with zero attached hydrogens (tertiary/aromatic N) is 1. The molecule has 2 rings (SSSR count). The second kappa shape index (κ2) is 7.14. The van der Waals surface area contributed by atoms with Gasteiger partial charge in [-0.25, -0.2) is 0 Å². The lowest BCUT2D eigenvalue weighted by atomic mass is 10.1. The smallest absolute Gasteiger partial charge is 0.0380 e. The lowest BCUT2D eigenvalue weighted by Crippen LogP contribution is -2.32. The van der Waals surface area contributed by atoms with Gasteiger partial charge < -0.3 is 5.32 Å². The Morgan fingerprint density at radius 1 is 1.06 bits per heavy atom. The summed E-state index contributed by atoms with van der Waals surface area (Å²) in [5.74, 6) is 0.606. The summed E-state index contributed by atoms with van der Waals surface area (Å²) < 4.78 is 0. The normalized spacial score (nSPS) is 12.3. The number of aromatic nitrogens is 1. The van der Waals surface area contributed by atoms with Gasteiger partial charge in [0, 0.05) is 30.9 Å². The monoisotopic (exact) mass is 260 g/mol. The van der Waals surface area contributed by atoms with Gasteiger partial charge in [0.2, 0.25) is 0 Å². The van der Waals surface area contributed by atoms with Gasteiger partial charge in [0.25, 0.3) is 0 Å². The van der Waals surface area contributed by atoms with Crippen LogP contribution in [0.2, 0.25) is 0 Å². The van der Waals surface area contributed by atoms with E-state index < -0.39 is 0 Å². The minimum atomic E-state index is 0.286. The van der Waals surface area contributed by atoms with Crippen LogP contribution in [0.15, 0.2) is 54.9 Å². The van der Waals surface area contributed by atoms with Crippen LogP contribution in [-0.2, 0) is 13.0 Å². The molecule has 0 amide bonds. The number of hydrogen-bond acceptors (Lipinski definition) is 2. The Kier molecular flexibility index (Phi) is 5.18. The van der Waals surface area contributed by atoms with Crippen LogP contribution in [0.1, 0.15) is 11.1 Å². The molecule has 3 heteroatoms. The lowest BCUT2D eigenvalue weighted by Gasteiger charge is -2.16. The average molecular weight is 261 g/mol. The van der Waals surface area contributed by atoms with Crippen LogP contribution >= 0.6 is 11.6 Å². The molecule has 1 aromatic heterocycles. The largest absolute Gasteiger partial charge is 0.308 e. The van der Waals surface area contributed by atoms with Gasteiger partial charge in [-0.15, -0.1) is 11.6 Å². The predicted molar refractivity (Wildman–Crippen MR) is 75.7 cm³/mol. The van der Waals surface area contributed by atoms with E-state index in [2.05, 4.69) is 40.6 Å². The maximum atomic E-state index is 6.01. The number of halogens is 1. The van der Waals surface area contributed by atoms with Crippen molar-refractivity contribution < 1.29 is 0 Å². The van der Waals surface area contributed by atoms with Gasteiger partial charge in [-0.2, -0.15) is 0 Å². The van der Waals surface area contributed by atoms with E-state index in [1.165, 1.54) is 11.1 Å². The maximum absolute atomic E-state index is 6.01. The van der Waals surface area contributed by atoms with Crippen molar-refractivity contribution in [1.29, 1.82) is 0 Å². The number of rotatable bonds is 6. The van der Waals surface area contributed by atoms with Crippen molar-refractivity contribution in [2.75, 3.05) is 5.88 Å². The van der Waals surface area contributed by atoms with Gasteiger partial charge in [0.1, 0.15) is 0 Å². The molecule has 1 unspecified atom stereocenters. The summed E-state index contributed by atoms with van der Waals surface area (Å²) >= 11 is 6.01. The van der Waals surface area contributed by atoms with Gasteiger partial charge in [0.15, 0.2) is 0 Å². The average Bonchev–Trinajstić information content (AvgIpc) is 2.45. The number of benzene rings is 1. The molecule has 1 atom stereocenters. The fourth-order valence-corrected chi connectivity index (χ4v) is 2.06. The van der Waals surface area contributed by atoms with Crippen molar-refractivity contribution in [3.63, 3.8) is 0 Å². The molecule has 2 aromatic rings. The van der Waals surface area contributed by atoms with E-state index >= 15 is 0 Å². The minimum Gasteiger partial charge on any atom is -0.308 e. The molecule has 0 saturated carbocycles. The van der Waals surface area contributed by atoms with E-state index in [0.717, 1.165) is 13.0 Å². The third-order valence-electron chi connectivity index (χ3n) is 2.83. The molecule has 18 heavy (non-hydrogen) atoms. The lowest BCUT2D eigenvalue weighted by molar-refractivity contribution is 0.549. The SMILES string of the molecule is ClCC(Cc1ccccc1)NCc1cccnc1. The highest BCUT2D eigenvalue weighted by atomic mass is 35.5. The highest BCUT2D eigenvalue weighted by Gasteiger charge is 2.07. The minimum absolute atomic E-state index is 0.286. The van der Waals surface area contributed by atoms with Gasteiger partial charge in [-0.05, 0) is 23.6 Å². The molecule has 0 aliphatic heterocycles. The van der Waals surface area contributed by atoms with Crippen molar-refractivity contribution in [2.45, 2.75) is 19.0 Å². The quantitative estimate of drug-likeness (QED) is 0.808. The third-order valence-corrected chi connectivity index (χ3v) is 3.20. The topological polar surface area (TPSA) is 24.9 Å². The maximum Gasteiger partial charge on any atom is 0.0380 e. The molecule has 0 aliphatic carbocycles. The van der Waals surface area contributed by atoms with Gasteiger partial charge in [-0.1, -0.05) is 36.4 Å². The third kappa shape index (κ3) is 4.13. The molecular weight excluding hydrogens is 244 g/mol. The Labute approximate surface area is 113 Å².